The van der Waals surface area contributed by atoms with E-state index in [2.05, 4.69) is 42.8 Å². The van der Waals surface area contributed by atoms with Crippen molar-refractivity contribution in [2.45, 2.75) is 40.2 Å². The van der Waals surface area contributed by atoms with Crippen LogP contribution >= 0.6 is 0 Å². The summed E-state index contributed by atoms with van der Waals surface area (Å²) in [6, 6.07) is 17.4. The molecule has 3 rings (SSSR count). The molecule has 2 aromatic carbocycles. The number of para-hydroxylation sites is 1. The van der Waals surface area contributed by atoms with E-state index in [-0.39, 0.29) is 0 Å². The normalized spacial score (nSPS) is 11.7. The molecule has 8 heteroatoms. The van der Waals surface area contributed by atoms with Crippen LogP contribution in [-0.2, 0) is 4.74 Å². The van der Waals surface area contributed by atoms with Gasteiger partial charge in [0.15, 0.2) is 5.82 Å². The number of aromatic nitrogens is 2. The molecule has 0 aliphatic heterocycles. The summed E-state index contributed by atoms with van der Waals surface area (Å²) >= 11 is 0. The van der Waals surface area contributed by atoms with Crippen LogP contribution in [0.1, 0.15) is 39.1 Å². The zero-order valence-electron chi connectivity index (χ0n) is 20.8. The van der Waals surface area contributed by atoms with Crippen molar-refractivity contribution >= 4 is 29.0 Å². The quantitative estimate of drug-likeness (QED) is 0.362. The van der Waals surface area contributed by atoms with Crippen LogP contribution in [0.2, 0.25) is 0 Å². The molecule has 0 spiro atoms. The van der Waals surface area contributed by atoms with E-state index in [1.54, 1.807) is 6.07 Å². The van der Waals surface area contributed by atoms with Gasteiger partial charge in [-0.2, -0.15) is 5.10 Å². The number of amides is 1. The van der Waals surface area contributed by atoms with Gasteiger partial charge in [-0.1, -0.05) is 30.3 Å². The minimum Gasteiger partial charge on any atom is -0.444 e. The first-order valence-electron chi connectivity index (χ1n) is 11.0. The van der Waals surface area contributed by atoms with Crippen LogP contribution in [0.25, 0.3) is 11.3 Å². The van der Waals surface area contributed by atoms with E-state index in [0.717, 1.165) is 22.5 Å². The van der Waals surface area contributed by atoms with Crippen molar-refractivity contribution in [2.75, 3.05) is 29.7 Å². The highest BCUT2D eigenvalue weighted by Gasteiger charge is 2.18. The van der Waals surface area contributed by atoms with Crippen LogP contribution in [0.3, 0.4) is 0 Å². The monoisotopic (exact) mass is 460 g/mol. The molecule has 2 N–H and O–H groups in total. The Hall–Kier alpha value is -3.94. The SMILES string of the molecule is CC(=NNc1cc(-c2ccccc2NC(=O)OC(C)(C)C)nc(C)n1)c1ccc(N(C)C)cc1. The summed E-state index contributed by atoms with van der Waals surface area (Å²) in [6.45, 7) is 9.22. The van der Waals surface area contributed by atoms with Crippen molar-refractivity contribution in [2.24, 2.45) is 5.10 Å². The van der Waals surface area contributed by atoms with E-state index in [1.165, 1.54) is 0 Å². The standard InChI is InChI=1S/C26H32N6O2/c1-17(19-12-14-20(15-13-19)32(6)7)30-31-24-16-23(27-18(2)28-24)21-10-8-9-11-22(21)29-25(33)34-26(3,4)5/h8-16H,1-7H3,(H,29,33)(H,27,28,31). The number of aryl methyl sites for hydroxylation is 1. The van der Waals surface area contributed by atoms with Crippen molar-refractivity contribution in [3.8, 4) is 11.3 Å². The number of nitrogens with one attached hydrogen (secondary N) is 2. The van der Waals surface area contributed by atoms with Crippen LogP contribution in [0.15, 0.2) is 59.7 Å². The maximum Gasteiger partial charge on any atom is 0.412 e. The number of hydrazone groups is 1. The highest BCUT2D eigenvalue weighted by Crippen LogP contribution is 2.28. The molecule has 0 aliphatic carbocycles. The second-order valence-electron chi connectivity index (χ2n) is 9.11. The number of rotatable bonds is 6. The van der Waals surface area contributed by atoms with Crippen LogP contribution in [0, 0.1) is 6.92 Å². The van der Waals surface area contributed by atoms with Crippen LogP contribution < -0.4 is 15.6 Å². The Morgan fingerprint density at radius 3 is 2.35 bits per heavy atom. The molecular formula is C26H32N6O2. The molecule has 0 saturated carbocycles. The summed E-state index contributed by atoms with van der Waals surface area (Å²) in [4.78, 5) is 23.4. The average Bonchev–Trinajstić information content (AvgIpc) is 2.76. The van der Waals surface area contributed by atoms with Gasteiger partial charge in [0.25, 0.3) is 0 Å². The lowest BCUT2D eigenvalue weighted by atomic mass is 10.1. The molecule has 3 aromatic rings. The molecule has 0 unspecified atom stereocenters. The molecule has 34 heavy (non-hydrogen) atoms. The number of ether oxygens (including phenoxy) is 1. The maximum atomic E-state index is 12.3. The summed E-state index contributed by atoms with van der Waals surface area (Å²) in [5.74, 6) is 1.13. The van der Waals surface area contributed by atoms with E-state index >= 15 is 0 Å². The smallest absolute Gasteiger partial charge is 0.412 e. The highest BCUT2D eigenvalue weighted by atomic mass is 16.6. The molecule has 0 radical (unpaired) electrons. The van der Waals surface area contributed by atoms with Gasteiger partial charge in [0.2, 0.25) is 0 Å². The second-order valence-corrected chi connectivity index (χ2v) is 9.11. The van der Waals surface area contributed by atoms with Gasteiger partial charge in [-0.05, 0) is 58.4 Å². The third-order valence-electron chi connectivity index (χ3n) is 4.82. The van der Waals surface area contributed by atoms with Crippen molar-refractivity contribution in [1.82, 2.24) is 9.97 Å². The Balaban J connectivity index is 1.83. The summed E-state index contributed by atoms with van der Waals surface area (Å²) in [7, 11) is 4.02. The number of carbonyl (C=O) groups excluding carboxylic acids is 1. The molecule has 0 fully saturated rings. The van der Waals surface area contributed by atoms with E-state index < -0.39 is 11.7 Å². The van der Waals surface area contributed by atoms with Crippen LogP contribution in [0.5, 0.6) is 0 Å². The van der Waals surface area contributed by atoms with Gasteiger partial charge in [-0.15, -0.1) is 0 Å². The Kier molecular flexibility index (Phi) is 7.50. The van der Waals surface area contributed by atoms with Gasteiger partial charge in [0.05, 0.1) is 17.1 Å². The molecule has 0 saturated heterocycles. The van der Waals surface area contributed by atoms with E-state index in [4.69, 9.17) is 4.74 Å². The average molecular weight is 461 g/mol. The predicted molar refractivity (Wildman–Crippen MR) is 139 cm³/mol. The first kappa shape index (κ1) is 24.7. The Morgan fingerprint density at radius 2 is 1.71 bits per heavy atom. The first-order valence-corrected chi connectivity index (χ1v) is 11.0. The Bertz CT molecular complexity index is 1180. The van der Waals surface area contributed by atoms with Gasteiger partial charge < -0.3 is 9.64 Å². The third kappa shape index (κ3) is 6.78. The van der Waals surface area contributed by atoms with Crippen molar-refractivity contribution in [3.63, 3.8) is 0 Å². The van der Waals surface area contributed by atoms with Gasteiger partial charge >= 0.3 is 6.09 Å². The number of benzene rings is 2. The maximum absolute atomic E-state index is 12.3. The number of anilines is 3. The highest BCUT2D eigenvalue weighted by molar-refractivity contribution is 5.99. The largest absolute Gasteiger partial charge is 0.444 e. The minimum atomic E-state index is -0.593. The van der Waals surface area contributed by atoms with Gasteiger partial charge in [-0.3, -0.25) is 10.7 Å². The number of hydrogen-bond donors (Lipinski definition) is 2. The molecule has 1 amide bonds. The van der Waals surface area contributed by atoms with Crippen LogP contribution in [0.4, 0.5) is 22.0 Å². The molecule has 0 bridgehead atoms. The van der Waals surface area contributed by atoms with Gasteiger partial charge in [0.1, 0.15) is 11.4 Å². The zero-order chi connectivity index (χ0) is 24.9. The molecule has 1 heterocycles. The lowest BCUT2D eigenvalue weighted by molar-refractivity contribution is 0.0636. The summed E-state index contributed by atoms with van der Waals surface area (Å²) in [5.41, 5.74) is 7.41. The van der Waals surface area contributed by atoms with Gasteiger partial charge in [0, 0.05) is 31.4 Å². The van der Waals surface area contributed by atoms with Crippen LogP contribution in [-0.4, -0.2) is 41.5 Å². The predicted octanol–water partition coefficient (Wildman–Crippen LogP) is 5.70. The lowest BCUT2D eigenvalue weighted by Crippen LogP contribution is -2.27. The lowest BCUT2D eigenvalue weighted by Gasteiger charge is -2.20. The van der Waals surface area contributed by atoms with E-state index in [0.29, 0.717) is 23.0 Å². The van der Waals surface area contributed by atoms with Crippen molar-refractivity contribution in [3.05, 3.63) is 66.0 Å². The number of hydrogen-bond acceptors (Lipinski definition) is 7. The third-order valence-corrected chi connectivity index (χ3v) is 4.82. The van der Waals surface area contributed by atoms with Gasteiger partial charge in [-0.25, -0.2) is 14.8 Å². The molecule has 0 aliphatic rings. The Labute approximate surface area is 201 Å². The van der Waals surface area contributed by atoms with E-state index in [1.807, 2.05) is 85.1 Å². The van der Waals surface area contributed by atoms with E-state index in [9.17, 15) is 4.79 Å². The zero-order valence-corrected chi connectivity index (χ0v) is 20.8. The fourth-order valence-electron chi connectivity index (χ4n) is 3.20. The summed E-state index contributed by atoms with van der Waals surface area (Å²) < 4.78 is 5.39. The summed E-state index contributed by atoms with van der Waals surface area (Å²) in [6.07, 6.45) is -0.524. The molecular weight excluding hydrogens is 428 g/mol. The fourth-order valence-corrected chi connectivity index (χ4v) is 3.20. The number of nitrogens with zero attached hydrogens (tertiary/aromatic N) is 4. The molecule has 1 aromatic heterocycles. The second kappa shape index (κ2) is 10.3. The number of carbonyl (C=O) groups is 1. The summed E-state index contributed by atoms with van der Waals surface area (Å²) in [5, 5.41) is 7.31. The van der Waals surface area contributed by atoms with Crippen molar-refractivity contribution < 1.29 is 9.53 Å². The first-order chi connectivity index (χ1) is 16.0. The topological polar surface area (TPSA) is 91.7 Å². The fraction of sp³-hybridized carbons (Fsp3) is 0.308. The van der Waals surface area contributed by atoms with Crippen molar-refractivity contribution in [1.29, 1.82) is 0 Å². The molecule has 178 valence electrons. The molecule has 0 atom stereocenters. The minimum absolute atomic E-state index is 0.524. The molecule has 8 nitrogen and oxygen atoms in total. The Morgan fingerprint density at radius 1 is 1.03 bits per heavy atom.